The summed E-state index contributed by atoms with van der Waals surface area (Å²) in [5, 5.41) is 4.97. The highest BCUT2D eigenvalue weighted by molar-refractivity contribution is 14.1. The van der Waals surface area contributed by atoms with Crippen molar-refractivity contribution in [3.63, 3.8) is 0 Å². The normalized spacial score (nSPS) is 11.6. The highest BCUT2D eigenvalue weighted by Gasteiger charge is 2.13. The Labute approximate surface area is 92.7 Å². The SMILES string of the molecule is NS(=O)(=O)c1cccc(I)c1Br. The Morgan fingerprint density at radius 2 is 2.00 bits per heavy atom. The molecule has 0 bridgehead atoms. The smallest absolute Gasteiger partial charge is 0.225 e. The van der Waals surface area contributed by atoms with E-state index in [0.717, 1.165) is 3.57 Å². The molecule has 1 aromatic carbocycles. The fourth-order valence-corrected chi connectivity index (χ4v) is 2.95. The summed E-state index contributed by atoms with van der Waals surface area (Å²) in [6.45, 7) is 0. The lowest BCUT2D eigenvalue weighted by atomic mass is 10.4. The molecular formula is C6H5BrINO2S. The highest BCUT2D eigenvalue weighted by Crippen LogP contribution is 2.25. The number of sulfonamides is 1. The molecule has 0 heterocycles. The zero-order chi connectivity index (χ0) is 9.35. The van der Waals surface area contributed by atoms with Gasteiger partial charge in [0.25, 0.3) is 0 Å². The van der Waals surface area contributed by atoms with E-state index in [-0.39, 0.29) is 4.90 Å². The van der Waals surface area contributed by atoms with Gasteiger partial charge in [-0.05, 0) is 50.7 Å². The Morgan fingerprint density at radius 3 is 2.42 bits per heavy atom. The van der Waals surface area contributed by atoms with Crippen molar-refractivity contribution in [3.8, 4) is 0 Å². The molecule has 2 N–H and O–H groups in total. The van der Waals surface area contributed by atoms with Gasteiger partial charge in [-0.3, -0.25) is 0 Å². The zero-order valence-electron chi connectivity index (χ0n) is 5.79. The fraction of sp³-hybridized carbons (Fsp3) is 0. The molecule has 6 heteroatoms. The molecule has 0 aromatic heterocycles. The lowest BCUT2D eigenvalue weighted by Crippen LogP contribution is -2.13. The lowest BCUT2D eigenvalue weighted by molar-refractivity contribution is 0.597. The van der Waals surface area contributed by atoms with Crippen LogP contribution in [0.5, 0.6) is 0 Å². The maximum Gasteiger partial charge on any atom is 0.239 e. The molecule has 66 valence electrons. The van der Waals surface area contributed by atoms with Gasteiger partial charge in [0, 0.05) is 3.57 Å². The largest absolute Gasteiger partial charge is 0.239 e. The van der Waals surface area contributed by atoms with Gasteiger partial charge in [-0.15, -0.1) is 0 Å². The zero-order valence-corrected chi connectivity index (χ0v) is 10.4. The van der Waals surface area contributed by atoms with Crippen LogP contribution in [0.2, 0.25) is 0 Å². The van der Waals surface area contributed by atoms with Crippen LogP contribution in [0.1, 0.15) is 0 Å². The molecular weight excluding hydrogens is 357 g/mol. The number of hydrogen-bond donors (Lipinski definition) is 1. The second-order valence-corrected chi connectivity index (χ2v) is 5.58. The molecule has 0 aliphatic heterocycles. The van der Waals surface area contributed by atoms with E-state index in [0.29, 0.717) is 4.47 Å². The van der Waals surface area contributed by atoms with Crippen molar-refractivity contribution in [1.29, 1.82) is 0 Å². The number of halogens is 2. The van der Waals surface area contributed by atoms with Crippen LogP contribution in [0.15, 0.2) is 27.6 Å². The first-order valence-electron chi connectivity index (χ1n) is 2.90. The number of benzene rings is 1. The van der Waals surface area contributed by atoms with Gasteiger partial charge in [-0.2, -0.15) is 0 Å². The monoisotopic (exact) mass is 361 g/mol. The Balaban J connectivity index is 3.47. The van der Waals surface area contributed by atoms with Gasteiger partial charge >= 0.3 is 0 Å². The van der Waals surface area contributed by atoms with Crippen LogP contribution in [-0.4, -0.2) is 8.42 Å². The van der Waals surface area contributed by atoms with E-state index in [4.69, 9.17) is 5.14 Å². The summed E-state index contributed by atoms with van der Waals surface area (Å²) in [7, 11) is -3.61. The van der Waals surface area contributed by atoms with Gasteiger partial charge in [-0.1, -0.05) is 6.07 Å². The van der Waals surface area contributed by atoms with Crippen LogP contribution in [0.4, 0.5) is 0 Å². The summed E-state index contributed by atoms with van der Waals surface area (Å²) in [4.78, 5) is 0.120. The molecule has 12 heavy (non-hydrogen) atoms. The van der Waals surface area contributed by atoms with Gasteiger partial charge < -0.3 is 0 Å². The van der Waals surface area contributed by atoms with Crippen LogP contribution in [0.25, 0.3) is 0 Å². The van der Waals surface area contributed by atoms with Crippen LogP contribution in [0, 0.1) is 3.57 Å². The van der Waals surface area contributed by atoms with Crippen molar-refractivity contribution in [3.05, 3.63) is 26.2 Å². The molecule has 3 nitrogen and oxygen atoms in total. The van der Waals surface area contributed by atoms with E-state index in [2.05, 4.69) is 15.9 Å². The molecule has 0 saturated carbocycles. The molecule has 0 unspecified atom stereocenters. The summed E-state index contributed by atoms with van der Waals surface area (Å²) in [6, 6.07) is 4.90. The van der Waals surface area contributed by atoms with E-state index in [1.165, 1.54) is 6.07 Å². The minimum absolute atomic E-state index is 0.120. The molecule has 0 radical (unpaired) electrons. The maximum absolute atomic E-state index is 11.0. The maximum atomic E-state index is 11.0. The first kappa shape index (κ1) is 10.4. The average Bonchev–Trinajstić information content (AvgIpc) is 1.92. The summed E-state index contributed by atoms with van der Waals surface area (Å²) in [6.07, 6.45) is 0. The van der Waals surface area contributed by atoms with Crippen LogP contribution in [0.3, 0.4) is 0 Å². The van der Waals surface area contributed by atoms with Crippen LogP contribution in [-0.2, 0) is 10.0 Å². The van der Waals surface area contributed by atoms with E-state index >= 15 is 0 Å². The molecule has 1 aromatic rings. The van der Waals surface area contributed by atoms with Crippen molar-refractivity contribution in [2.24, 2.45) is 5.14 Å². The molecule has 0 spiro atoms. The predicted molar refractivity (Wildman–Crippen MR) is 58.2 cm³/mol. The molecule has 0 atom stereocenters. The summed E-state index contributed by atoms with van der Waals surface area (Å²) >= 11 is 5.17. The summed E-state index contributed by atoms with van der Waals surface area (Å²) < 4.78 is 23.2. The minimum atomic E-state index is -3.61. The summed E-state index contributed by atoms with van der Waals surface area (Å²) in [5.41, 5.74) is 0. The number of nitrogens with two attached hydrogens (primary N) is 1. The van der Waals surface area contributed by atoms with Crippen molar-refractivity contribution < 1.29 is 8.42 Å². The Bertz CT molecular complexity index is 404. The predicted octanol–water partition coefficient (Wildman–Crippen LogP) is 1.70. The Kier molecular flexibility index (Phi) is 3.13. The number of rotatable bonds is 1. The van der Waals surface area contributed by atoms with Gasteiger partial charge in [0.2, 0.25) is 10.0 Å². The van der Waals surface area contributed by atoms with E-state index in [9.17, 15) is 8.42 Å². The third-order valence-corrected chi connectivity index (χ3v) is 4.93. The molecule has 0 amide bonds. The highest BCUT2D eigenvalue weighted by atomic mass is 127. The van der Waals surface area contributed by atoms with Gasteiger partial charge in [0.1, 0.15) is 0 Å². The van der Waals surface area contributed by atoms with E-state index < -0.39 is 10.0 Å². The first-order valence-corrected chi connectivity index (χ1v) is 6.31. The van der Waals surface area contributed by atoms with E-state index in [1.54, 1.807) is 12.1 Å². The second-order valence-electron chi connectivity index (χ2n) is 2.10. The first-order chi connectivity index (χ1) is 5.43. The number of hydrogen-bond acceptors (Lipinski definition) is 2. The second kappa shape index (κ2) is 3.60. The van der Waals surface area contributed by atoms with Crippen LogP contribution >= 0.6 is 38.5 Å². The fourth-order valence-electron chi connectivity index (χ4n) is 0.704. The van der Waals surface area contributed by atoms with Crippen molar-refractivity contribution in [1.82, 2.24) is 0 Å². The molecule has 0 saturated heterocycles. The Hall–Kier alpha value is 0.340. The minimum Gasteiger partial charge on any atom is -0.225 e. The van der Waals surface area contributed by atoms with Gasteiger partial charge in [0.05, 0.1) is 9.37 Å². The third kappa shape index (κ3) is 2.18. The molecule has 0 aliphatic carbocycles. The molecule has 0 fully saturated rings. The number of primary sulfonamides is 1. The molecule has 0 aliphatic rings. The summed E-state index contributed by atoms with van der Waals surface area (Å²) in [5.74, 6) is 0. The van der Waals surface area contributed by atoms with E-state index in [1.807, 2.05) is 22.6 Å². The van der Waals surface area contributed by atoms with Crippen molar-refractivity contribution in [2.45, 2.75) is 4.90 Å². The van der Waals surface area contributed by atoms with Gasteiger partial charge in [0.15, 0.2) is 0 Å². The lowest BCUT2D eigenvalue weighted by Gasteiger charge is -2.02. The van der Waals surface area contributed by atoms with Gasteiger partial charge in [-0.25, -0.2) is 13.6 Å². The third-order valence-electron chi connectivity index (χ3n) is 1.22. The average molecular weight is 362 g/mol. The Morgan fingerprint density at radius 1 is 1.42 bits per heavy atom. The topological polar surface area (TPSA) is 60.2 Å². The quantitative estimate of drug-likeness (QED) is 0.774. The molecule has 1 rings (SSSR count). The van der Waals surface area contributed by atoms with Crippen molar-refractivity contribution in [2.75, 3.05) is 0 Å². The van der Waals surface area contributed by atoms with Crippen LogP contribution < -0.4 is 5.14 Å². The standard InChI is InChI=1S/C6H5BrINO2S/c7-6-4(8)2-1-3-5(6)12(9,10)11/h1-3H,(H2,9,10,11). The van der Waals surface area contributed by atoms with Crippen molar-refractivity contribution >= 4 is 48.5 Å².